The lowest BCUT2D eigenvalue weighted by Crippen LogP contribution is -2.44. The van der Waals surface area contributed by atoms with E-state index in [-0.39, 0.29) is 6.03 Å². The monoisotopic (exact) mass is 260 g/mol. The highest BCUT2D eigenvalue weighted by molar-refractivity contribution is 5.89. The Hall–Kier alpha value is -1.52. The number of aromatic amines is 1. The number of hydrogen-bond donors (Lipinski definition) is 2. The number of fused-ring (bicyclic) bond motifs is 1. The number of H-pyrrole nitrogens is 1. The molecule has 0 spiro atoms. The van der Waals surface area contributed by atoms with Crippen LogP contribution in [-0.2, 0) is 0 Å². The number of rotatable bonds is 1. The summed E-state index contributed by atoms with van der Waals surface area (Å²) < 4.78 is 0. The fraction of sp³-hybridized carbons (Fsp3) is 0.714. The third-order valence-electron chi connectivity index (χ3n) is 5.12. The summed E-state index contributed by atoms with van der Waals surface area (Å²) in [5.41, 5.74) is 0.758. The molecule has 2 saturated heterocycles. The van der Waals surface area contributed by atoms with Gasteiger partial charge < -0.3 is 10.2 Å². The van der Waals surface area contributed by atoms with Crippen LogP contribution in [0.1, 0.15) is 32.1 Å². The van der Waals surface area contributed by atoms with Gasteiger partial charge in [0.15, 0.2) is 0 Å². The molecule has 4 aliphatic rings. The van der Waals surface area contributed by atoms with Crippen molar-refractivity contribution >= 4 is 11.7 Å². The van der Waals surface area contributed by atoms with Crippen LogP contribution in [0.5, 0.6) is 0 Å². The zero-order valence-corrected chi connectivity index (χ0v) is 11.0. The number of urea groups is 1. The van der Waals surface area contributed by atoms with Gasteiger partial charge in [0.05, 0.1) is 11.9 Å². The minimum atomic E-state index is 0.0552. The van der Waals surface area contributed by atoms with E-state index < -0.39 is 0 Å². The van der Waals surface area contributed by atoms with Crippen LogP contribution in [0.3, 0.4) is 0 Å². The Morgan fingerprint density at radius 3 is 2.63 bits per heavy atom. The van der Waals surface area contributed by atoms with Crippen LogP contribution < -0.4 is 5.32 Å². The minimum absolute atomic E-state index is 0.0552. The zero-order chi connectivity index (χ0) is 12.8. The third-order valence-corrected chi connectivity index (χ3v) is 5.12. The fourth-order valence-corrected chi connectivity index (χ4v) is 4.55. The normalized spacial score (nSPS) is 36.3. The fourth-order valence-electron chi connectivity index (χ4n) is 4.55. The first-order valence-corrected chi connectivity index (χ1v) is 7.34. The third kappa shape index (κ3) is 2.01. The number of anilines is 1. The summed E-state index contributed by atoms with van der Waals surface area (Å²) in [6, 6.07) is 0.516. The first-order chi connectivity index (χ1) is 9.28. The van der Waals surface area contributed by atoms with Crippen molar-refractivity contribution in [1.82, 2.24) is 15.1 Å². The second kappa shape index (κ2) is 4.25. The number of hydrogen-bond acceptors (Lipinski definition) is 2. The largest absolute Gasteiger partial charge is 0.322 e. The van der Waals surface area contributed by atoms with Gasteiger partial charge in [0.2, 0.25) is 0 Å². The highest BCUT2D eigenvalue weighted by atomic mass is 16.2. The number of nitrogens with one attached hydrogen (secondary N) is 2. The highest BCUT2D eigenvalue weighted by Gasteiger charge is 2.44. The maximum Gasteiger partial charge on any atom is 0.322 e. The van der Waals surface area contributed by atoms with E-state index in [1.807, 2.05) is 0 Å². The van der Waals surface area contributed by atoms with Crippen molar-refractivity contribution in [2.24, 2.45) is 17.8 Å². The quantitative estimate of drug-likeness (QED) is 0.814. The van der Waals surface area contributed by atoms with Gasteiger partial charge in [0.25, 0.3) is 0 Å². The second-order valence-corrected chi connectivity index (χ2v) is 6.50. The van der Waals surface area contributed by atoms with E-state index in [9.17, 15) is 4.79 Å². The van der Waals surface area contributed by atoms with Crippen molar-refractivity contribution in [2.75, 3.05) is 11.9 Å². The van der Waals surface area contributed by atoms with Gasteiger partial charge in [-0.2, -0.15) is 5.10 Å². The Balaban J connectivity index is 1.53. The summed E-state index contributed by atoms with van der Waals surface area (Å²) in [5.74, 6) is 2.47. The molecule has 5 rings (SSSR count). The average molecular weight is 260 g/mol. The lowest BCUT2D eigenvalue weighted by atomic mass is 9.68. The van der Waals surface area contributed by atoms with Gasteiger partial charge >= 0.3 is 6.03 Å². The van der Waals surface area contributed by atoms with E-state index in [1.54, 1.807) is 12.4 Å². The van der Waals surface area contributed by atoms with E-state index >= 15 is 0 Å². The van der Waals surface area contributed by atoms with E-state index in [4.69, 9.17) is 0 Å². The predicted octanol–water partition coefficient (Wildman–Crippen LogP) is 2.45. The standard InChI is InChI=1S/C14H20N4O/c19-14(17-12-6-15-16-7-12)18-8-11-2-9-1-10(3-11)5-13(18)4-9/h6-7,9-11,13H,1-5,8H2,(H,15,16)(H,17,19)/t9-,10+,11?,13?. The van der Waals surface area contributed by atoms with Gasteiger partial charge in [-0.15, -0.1) is 0 Å². The van der Waals surface area contributed by atoms with E-state index in [0.717, 1.165) is 30.0 Å². The molecular formula is C14H20N4O. The molecule has 2 N–H and O–H groups in total. The Kier molecular flexibility index (Phi) is 2.53. The van der Waals surface area contributed by atoms with Gasteiger partial charge in [-0.05, 0) is 49.9 Å². The summed E-state index contributed by atoms with van der Waals surface area (Å²) in [7, 11) is 0. The lowest BCUT2D eigenvalue weighted by molar-refractivity contribution is 0.136. The molecule has 5 nitrogen and oxygen atoms in total. The maximum absolute atomic E-state index is 12.5. The first kappa shape index (κ1) is 11.3. The molecule has 0 aromatic carbocycles. The Bertz CT molecular complexity index is 458. The molecule has 2 saturated carbocycles. The summed E-state index contributed by atoms with van der Waals surface area (Å²) in [6.07, 6.45) is 9.88. The first-order valence-electron chi connectivity index (χ1n) is 7.34. The molecule has 2 amide bonds. The van der Waals surface area contributed by atoms with Crippen molar-refractivity contribution in [1.29, 1.82) is 0 Å². The van der Waals surface area contributed by atoms with Crippen LogP contribution in [0.4, 0.5) is 10.5 Å². The summed E-state index contributed by atoms with van der Waals surface area (Å²) in [5, 5.41) is 9.55. The number of aromatic nitrogens is 2. The Morgan fingerprint density at radius 1 is 1.21 bits per heavy atom. The predicted molar refractivity (Wildman–Crippen MR) is 71.7 cm³/mol. The van der Waals surface area contributed by atoms with Gasteiger partial charge in [-0.1, -0.05) is 0 Å². The molecule has 5 heteroatoms. The van der Waals surface area contributed by atoms with Crippen molar-refractivity contribution in [3.05, 3.63) is 12.4 Å². The summed E-state index contributed by atoms with van der Waals surface area (Å²) in [6.45, 7) is 0.946. The molecule has 2 unspecified atom stereocenters. The van der Waals surface area contributed by atoms with E-state index in [1.165, 1.54) is 32.1 Å². The molecule has 2 aliphatic heterocycles. The number of carbonyl (C=O) groups excluding carboxylic acids is 1. The van der Waals surface area contributed by atoms with Crippen molar-refractivity contribution in [2.45, 2.75) is 38.1 Å². The van der Waals surface area contributed by atoms with E-state index in [2.05, 4.69) is 20.4 Å². The average Bonchev–Trinajstić information content (AvgIpc) is 2.79. The Labute approximate surface area is 112 Å². The van der Waals surface area contributed by atoms with Gasteiger partial charge in [0.1, 0.15) is 0 Å². The number of carbonyl (C=O) groups is 1. The molecule has 102 valence electrons. The summed E-state index contributed by atoms with van der Waals surface area (Å²) in [4.78, 5) is 14.5. The van der Waals surface area contributed by atoms with Crippen LogP contribution in [0, 0.1) is 17.8 Å². The molecular weight excluding hydrogens is 240 g/mol. The molecule has 4 bridgehead atoms. The van der Waals surface area contributed by atoms with E-state index in [0.29, 0.717) is 6.04 Å². The van der Waals surface area contributed by atoms with Gasteiger partial charge in [-0.3, -0.25) is 5.10 Å². The van der Waals surface area contributed by atoms with Crippen LogP contribution in [0.15, 0.2) is 12.4 Å². The van der Waals surface area contributed by atoms with Crippen LogP contribution >= 0.6 is 0 Å². The van der Waals surface area contributed by atoms with Crippen LogP contribution in [-0.4, -0.2) is 33.7 Å². The zero-order valence-electron chi connectivity index (χ0n) is 11.0. The SMILES string of the molecule is O=C(Nc1cn[nH]c1)N1CC2C[C@@H]3CC1C[C@H](C2)C3. The molecule has 19 heavy (non-hydrogen) atoms. The number of amides is 2. The molecule has 1 aromatic rings. The van der Waals surface area contributed by atoms with Crippen LogP contribution in [0.2, 0.25) is 0 Å². The smallest absolute Gasteiger partial charge is 0.321 e. The van der Waals surface area contributed by atoms with Crippen molar-refractivity contribution in [3.63, 3.8) is 0 Å². The molecule has 1 aromatic heterocycles. The van der Waals surface area contributed by atoms with Crippen molar-refractivity contribution in [3.8, 4) is 0 Å². The minimum Gasteiger partial charge on any atom is -0.321 e. The second-order valence-electron chi connectivity index (χ2n) is 6.50. The van der Waals surface area contributed by atoms with Crippen molar-refractivity contribution < 1.29 is 4.79 Å². The van der Waals surface area contributed by atoms with Crippen LogP contribution in [0.25, 0.3) is 0 Å². The van der Waals surface area contributed by atoms with Gasteiger partial charge in [-0.25, -0.2) is 4.79 Å². The highest BCUT2D eigenvalue weighted by Crippen LogP contribution is 2.47. The molecule has 0 radical (unpaired) electrons. The number of nitrogens with zero attached hydrogens (tertiary/aromatic N) is 2. The topological polar surface area (TPSA) is 61.0 Å². The maximum atomic E-state index is 12.5. The molecule has 4 fully saturated rings. The molecule has 4 atom stereocenters. The Morgan fingerprint density at radius 2 is 1.95 bits per heavy atom. The summed E-state index contributed by atoms with van der Waals surface area (Å²) >= 11 is 0. The molecule has 3 heterocycles. The van der Waals surface area contributed by atoms with Gasteiger partial charge in [0, 0.05) is 18.8 Å². The molecule has 2 aliphatic carbocycles. The lowest BCUT2D eigenvalue weighted by Gasteiger charge is -2.38.